The van der Waals surface area contributed by atoms with E-state index < -0.39 is 0 Å². The molecular weight excluding hydrogens is 233 g/mol. The minimum Gasteiger partial charge on any atom is -0.398 e. The van der Waals surface area contributed by atoms with Crippen molar-refractivity contribution in [3.63, 3.8) is 0 Å². The lowest BCUT2D eigenvalue weighted by molar-refractivity contribution is 0.571. The smallest absolute Gasteiger partial charge is 0.124 e. The van der Waals surface area contributed by atoms with Crippen LogP contribution in [0, 0.1) is 11.7 Å². The third-order valence-electron chi connectivity index (χ3n) is 2.43. The van der Waals surface area contributed by atoms with Gasteiger partial charge in [-0.2, -0.15) is 0 Å². The van der Waals surface area contributed by atoms with Crippen LogP contribution >= 0.6 is 15.9 Å². The predicted octanol–water partition coefficient (Wildman–Crippen LogP) is 3.28. The molecule has 0 aromatic heterocycles. The van der Waals surface area contributed by atoms with E-state index in [9.17, 15) is 4.39 Å². The van der Waals surface area contributed by atoms with Crippen LogP contribution in [0.25, 0.3) is 0 Å². The molecule has 1 radical (unpaired) electrons. The van der Waals surface area contributed by atoms with E-state index in [0.29, 0.717) is 10.2 Å². The molecule has 0 heterocycles. The standard InChI is InChI=1S/C10H10BrFN/c11-9-5-7(12)4-8(10(9)13)6-2-1-3-6/h4-5H,1-3,13H2. The van der Waals surface area contributed by atoms with Gasteiger partial charge >= 0.3 is 0 Å². The van der Waals surface area contributed by atoms with Crippen LogP contribution in [0.5, 0.6) is 0 Å². The molecule has 0 amide bonds. The zero-order valence-electron chi connectivity index (χ0n) is 7.11. The van der Waals surface area contributed by atoms with Crippen LogP contribution in [0.2, 0.25) is 0 Å². The van der Waals surface area contributed by atoms with Crippen molar-refractivity contribution in [1.29, 1.82) is 0 Å². The van der Waals surface area contributed by atoms with Gasteiger partial charge in [-0.3, -0.25) is 0 Å². The number of anilines is 1. The lowest BCUT2D eigenvalue weighted by atomic mass is 9.79. The summed E-state index contributed by atoms with van der Waals surface area (Å²) >= 11 is 3.24. The number of halogens is 2. The van der Waals surface area contributed by atoms with Crippen LogP contribution in [-0.2, 0) is 0 Å². The van der Waals surface area contributed by atoms with Crippen molar-refractivity contribution < 1.29 is 4.39 Å². The lowest BCUT2D eigenvalue weighted by Crippen LogP contribution is -2.12. The largest absolute Gasteiger partial charge is 0.398 e. The molecule has 1 aromatic carbocycles. The first-order chi connectivity index (χ1) is 6.18. The summed E-state index contributed by atoms with van der Waals surface area (Å²) in [5, 5.41) is 0. The van der Waals surface area contributed by atoms with E-state index >= 15 is 0 Å². The second-order valence-corrected chi connectivity index (χ2v) is 4.16. The van der Waals surface area contributed by atoms with Crippen molar-refractivity contribution in [2.45, 2.75) is 19.3 Å². The highest BCUT2D eigenvalue weighted by Crippen LogP contribution is 2.40. The van der Waals surface area contributed by atoms with Crippen LogP contribution in [0.4, 0.5) is 10.1 Å². The Hall–Kier alpha value is -0.570. The second-order valence-electron chi connectivity index (χ2n) is 3.31. The van der Waals surface area contributed by atoms with E-state index in [4.69, 9.17) is 5.73 Å². The summed E-state index contributed by atoms with van der Waals surface area (Å²) < 4.78 is 13.7. The van der Waals surface area contributed by atoms with Crippen molar-refractivity contribution in [1.82, 2.24) is 0 Å². The molecule has 0 bridgehead atoms. The van der Waals surface area contributed by atoms with E-state index in [1.165, 1.54) is 24.5 Å². The zero-order chi connectivity index (χ0) is 9.42. The van der Waals surface area contributed by atoms with Crippen LogP contribution in [0.3, 0.4) is 0 Å². The van der Waals surface area contributed by atoms with E-state index in [-0.39, 0.29) is 5.82 Å². The van der Waals surface area contributed by atoms with Crippen LogP contribution in [-0.4, -0.2) is 0 Å². The van der Waals surface area contributed by atoms with Gasteiger partial charge in [0.25, 0.3) is 0 Å². The van der Waals surface area contributed by atoms with Gasteiger partial charge in [0.2, 0.25) is 0 Å². The molecule has 0 spiro atoms. The third kappa shape index (κ3) is 1.57. The SMILES string of the molecule is Nc1c(Br)cc(F)cc1[C]1CCC1. The molecule has 1 saturated carbocycles. The monoisotopic (exact) mass is 242 g/mol. The molecule has 1 aromatic rings. The van der Waals surface area contributed by atoms with Gasteiger partial charge in [-0.05, 0) is 46.5 Å². The van der Waals surface area contributed by atoms with Crippen molar-refractivity contribution >= 4 is 21.6 Å². The van der Waals surface area contributed by atoms with Gasteiger partial charge in [0, 0.05) is 16.1 Å². The molecular formula is C10H10BrFN. The number of hydrogen-bond acceptors (Lipinski definition) is 1. The van der Waals surface area contributed by atoms with Crippen LogP contribution in [0.15, 0.2) is 16.6 Å². The van der Waals surface area contributed by atoms with Crippen LogP contribution < -0.4 is 5.73 Å². The molecule has 0 aliphatic heterocycles. The summed E-state index contributed by atoms with van der Waals surface area (Å²) in [5.74, 6) is 1.05. The average Bonchev–Trinajstić information content (AvgIpc) is 1.95. The Balaban J connectivity index is 2.42. The van der Waals surface area contributed by atoms with Gasteiger partial charge in [-0.1, -0.05) is 6.42 Å². The van der Waals surface area contributed by atoms with Gasteiger partial charge in [-0.25, -0.2) is 4.39 Å². The van der Waals surface area contributed by atoms with Gasteiger partial charge in [0.15, 0.2) is 0 Å². The quantitative estimate of drug-likeness (QED) is 0.752. The van der Waals surface area contributed by atoms with Crippen molar-refractivity contribution in [2.24, 2.45) is 0 Å². The summed E-state index contributed by atoms with van der Waals surface area (Å²) in [4.78, 5) is 0. The average molecular weight is 243 g/mol. The molecule has 0 unspecified atom stereocenters. The Morgan fingerprint density at radius 1 is 1.31 bits per heavy atom. The van der Waals surface area contributed by atoms with E-state index in [0.717, 1.165) is 18.4 Å². The molecule has 2 rings (SSSR count). The summed E-state index contributed by atoms with van der Waals surface area (Å²) in [5.41, 5.74) is 7.38. The van der Waals surface area contributed by atoms with Gasteiger partial charge in [-0.15, -0.1) is 0 Å². The second kappa shape index (κ2) is 3.29. The zero-order valence-corrected chi connectivity index (χ0v) is 8.70. The fraction of sp³-hybridized carbons (Fsp3) is 0.300. The Bertz CT molecular complexity index is 334. The summed E-state index contributed by atoms with van der Waals surface area (Å²) in [6, 6.07) is 2.92. The number of nitrogen functional groups attached to an aromatic ring is 1. The molecule has 1 aliphatic carbocycles. The van der Waals surface area contributed by atoms with Crippen molar-refractivity contribution in [3.8, 4) is 0 Å². The maximum atomic E-state index is 13.0. The summed E-state index contributed by atoms with van der Waals surface area (Å²) in [6.07, 6.45) is 3.31. The first kappa shape index (κ1) is 9.00. The number of hydrogen-bond donors (Lipinski definition) is 1. The molecule has 1 nitrogen and oxygen atoms in total. The fourth-order valence-corrected chi connectivity index (χ4v) is 1.93. The van der Waals surface area contributed by atoms with Gasteiger partial charge < -0.3 is 5.73 Å². The van der Waals surface area contributed by atoms with E-state index in [1.807, 2.05) is 0 Å². The third-order valence-corrected chi connectivity index (χ3v) is 3.09. The number of nitrogens with two attached hydrogens (primary N) is 1. The molecule has 1 aliphatic rings. The Morgan fingerprint density at radius 2 is 2.00 bits per heavy atom. The maximum Gasteiger partial charge on any atom is 0.124 e. The Morgan fingerprint density at radius 3 is 2.54 bits per heavy atom. The predicted molar refractivity (Wildman–Crippen MR) is 54.7 cm³/mol. The summed E-state index contributed by atoms with van der Waals surface area (Å²) in [6.45, 7) is 0. The van der Waals surface area contributed by atoms with Crippen LogP contribution in [0.1, 0.15) is 24.8 Å². The minimum absolute atomic E-state index is 0.226. The highest BCUT2D eigenvalue weighted by atomic mass is 79.9. The molecule has 2 N–H and O–H groups in total. The topological polar surface area (TPSA) is 26.0 Å². The maximum absolute atomic E-state index is 13.0. The minimum atomic E-state index is -0.226. The van der Waals surface area contributed by atoms with Gasteiger partial charge in [0.05, 0.1) is 0 Å². The Labute approximate surface area is 85.3 Å². The molecule has 0 atom stereocenters. The highest BCUT2D eigenvalue weighted by molar-refractivity contribution is 9.10. The molecule has 1 fully saturated rings. The molecule has 13 heavy (non-hydrogen) atoms. The molecule has 3 heteroatoms. The lowest BCUT2D eigenvalue weighted by Gasteiger charge is -2.26. The van der Waals surface area contributed by atoms with Gasteiger partial charge in [0.1, 0.15) is 5.82 Å². The Kier molecular flexibility index (Phi) is 2.28. The van der Waals surface area contributed by atoms with Crippen molar-refractivity contribution in [3.05, 3.63) is 33.9 Å². The fourth-order valence-electron chi connectivity index (χ4n) is 1.50. The highest BCUT2D eigenvalue weighted by Gasteiger charge is 2.23. The number of rotatable bonds is 1. The van der Waals surface area contributed by atoms with E-state index in [2.05, 4.69) is 15.9 Å². The summed E-state index contributed by atoms with van der Waals surface area (Å²) in [7, 11) is 0. The normalized spacial score (nSPS) is 17.1. The van der Waals surface area contributed by atoms with Crippen molar-refractivity contribution in [2.75, 3.05) is 5.73 Å². The van der Waals surface area contributed by atoms with E-state index in [1.54, 1.807) is 0 Å². The molecule has 69 valence electrons. The first-order valence-corrected chi connectivity index (χ1v) is 5.07. The number of benzene rings is 1. The first-order valence-electron chi connectivity index (χ1n) is 4.28. The molecule has 0 saturated heterocycles.